The summed E-state index contributed by atoms with van der Waals surface area (Å²) in [5, 5.41) is 19.7. The van der Waals surface area contributed by atoms with E-state index in [-0.39, 0.29) is 47.9 Å². The molecule has 0 aliphatic carbocycles. The molecule has 2 aromatic carbocycles. The van der Waals surface area contributed by atoms with E-state index in [1.807, 2.05) is 0 Å². The van der Waals surface area contributed by atoms with Crippen LogP contribution in [0.4, 0.5) is 5.69 Å². The van der Waals surface area contributed by atoms with Gasteiger partial charge < -0.3 is 24.6 Å². The van der Waals surface area contributed by atoms with E-state index in [9.17, 15) is 19.7 Å². The van der Waals surface area contributed by atoms with Crippen molar-refractivity contribution >= 4 is 29.1 Å². The van der Waals surface area contributed by atoms with Crippen molar-refractivity contribution in [2.24, 2.45) is 0 Å². The summed E-state index contributed by atoms with van der Waals surface area (Å²) < 4.78 is 15.5. The van der Waals surface area contributed by atoms with Crippen molar-refractivity contribution in [3.05, 3.63) is 63.0 Å². The molecule has 32 heavy (non-hydrogen) atoms. The summed E-state index contributed by atoms with van der Waals surface area (Å²) >= 11 is 5.73. The summed E-state index contributed by atoms with van der Waals surface area (Å²) in [7, 11) is 0. The first-order valence-corrected chi connectivity index (χ1v) is 9.54. The summed E-state index contributed by atoms with van der Waals surface area (Å²) in [4.78, 5) is 38.6. The van der Waals surface area contributed by atoms with Crippen molar-refractivity contribution < 1.29 is 28.5 Å². The van der Waals surface area contributed by atoms with Gasteiger partial charge in [-0.3, -0.25) is 19.7 Å². The number of fused-ring (bicyclic) bond motifs is 1. The Labute approximate surface area is 184 Å². The molecule has 12 nitrogen and oxygen atoms in total. The number of halogens is 1. The van der Waals surface area contributed by atoms with E-state index >= 15 is 0 Å². The molecule has 4 rings (SSSR count). The molecule has 164 valence electrons. The molecule has 0 bridgehead atoms. The van der Waals surface area contributed by atoms with Crippen molar-refractivity contribution in [3.63, 3.8) is 0 Å². The monoisotopic (exact) mass is 459 g/mol. The molecule has 0 unspecified atom stereocenters. The number of carbonyl (C=O) groups excluding carboxylic acids is 2. The maximum Gasteiger partial charge on any atom is 0.316 e. The largest absolute Gasteiger partial charge is 0.454 e. The molecule has 3 aromatic rings. The lowest BCUT2D eigenvalue weighted by Crippen LogP contribution is -2.34. The molecule has 13 heteroatoms. The Kier molecular flexibility index (Phi) is 5.85. The highest BCUT2D eigenvalue weighted by Crippen LogP contribution is 2.35. The van der Waals surface area contributed by atoms with Gasteiger partial charge in [-0.25, -0.2) is 0 Å². The Morgan fingerprint density at radius 3 is 2.59 bits per heavy atom. The zero-order chi connectivity index (χ0) is 22.7. The fourth-order valence-electron chi connectivity index (χ4n) is 2.79. The van der Waals surface area contributed by atoms with Gasteiger partial charge in [0.15, 0.2) is 11.5 Å². The van der Waals surface area contributed by atoms with Crippen molar-refractivity contribution in [2.45, 2.75) is 0 Å². The zero-order valence-electron chi connectivity index (χ0n) is 16.2. The first-order valence-electron chi connectivity index (χ1n) is 9.16. The first-order chi connectivity index (χ1) is 15.4. The number of carbonyl (C=O) groups is 2. The number of hydrogen-bond donors (Lipinski definition) is 2. The minimum atomic E-state index is -0.679. The maximum atomic E-state index is 12.2. The number of hydrogen-bond acceptors (Lipinski definition) is 9. The Balaban J connectivity index is 1.29. The standard InChI is InChI=1S/C19H14ClN5O7/c20-12-3-1-11(7-13(12)25(28)29)17(26)21-5-6-22-18(27)19-23-16(24-32-19)10-2-4-14-15(8-10)31-9-30-14/h1-4,7-8H,5-6,9H2,(H,21,26)(H,22,27). The fourth-order valence-corrected chi connectivity index (χ4v) is 2.98. The van der Waals surface area contributed by atoms with Crippen LogP contribution in [0.25, 0.3) is 11.4 Å². The summed E-state index contributed by atoms with van der Waals surface area (Å²) in [5.74, 6) is -0.0864. The number of aromatic nitrogens is 2. The molecule has 1 aromatic heterocycles. The van der Waals surface area contributed by atoms with Gasteiger partial charge in [-0.2, -0.15) is 4.98 Å². The molecule has 0 saturated heterocycles. The molecular weight excluding hydrogens is 446 g/mol. The van der Waals surface area contributed by atoms with E-state index in [2.05, 4.69) is 20.8 Å². The molecule has 1 aliphatic heterocycles. The van der Waals surface area contributed by atoms with Gasteiger partial charge in [0.1, 0.15) is 5.02 Å². The molecule has 0 atom stereocenters. The second kappa shape index (κ2) is 8.89. The van der Waals surface area contributed by atoms with Crippen LogP contribution in [-0.2, 0) is 0 Å². The number of ether oxygens (including phenoxy) is 2. The molecule has 2 N–H and O–H groups in total. The van der Waals surface area contributed by atoms with Gasteiger partial charge >= 0.3 is 11.8 Å². The number of amides is 2. The minimum absolute atomic E-state index is 0.0575. The highest BCUT2D eigenvalue weighted by molar-refractivity contribution is 6.32. The molecular formula is C19H14ClN5O7. The number of nitrogens with one attached hydrogen (secondary N) is 2. The molecule has 2 amide bonds. The summed E-state index contributed by atoms with van der Waals surface area (Å²) in [6, 6.07) is 8.78. The van der Waals surface area contributed by atoms with Gasteiger partial charge in [0.2, 0.25) is 12.6 Å². The molecule has 2 heterocycles. The third kappa shape index (κ3) is 4.44. The zero-order valence-corrected chi connectivity index (χ0v) is 16.9. The molecule has 0 spiro atoms. The van der Waals surface area contributed by atoms with Gasteiger partial charge in [-0.05, 0) is 30.3 Å². The Hall–Kier alpha value is -4.19. The predicted molar refractivity (Wildman–Crippen MR) is 109 cm³/mol. The number of nitro groups is 1. The first kappa shape index (κ1) is 21.1. The summed E-state index contributed by atoms with van der Waals surface area (Å²) in [5.41, 5.74) is 0.279. The number of nitro benzene ring substituents is 1. The summed E-state index contributed by atoms with van der Waals surface area (Å²) in [6.45, 7) is 0.246. The lowest BCUT2D eigenvalue weighted by atomic mass is 10.2. The van der Waals surface area contributed by atoms with Crippen LogP contribution < -0.4 is 20.1 Å². The van der Waals surface area contributed by atoms with Gasteiger partial charge in [-0.1, -0.05) is 16.8 Å². The highest BCUT2D eigenvalue weighted by atomic mass is 35.5. The van der Waals surface area contributed by atoms with E-state index in [0.29, 0.717) is 17.1 Å². The van der Waals surface area contributed by atoms with Crippen molar-refractivity contribution in [2.75, 3.05) is 19.9 Å². The molecule has 0 saturated carbocycles. The third-order valence-corrected chi connectivity index (χ3v) is 4.67. The predicted octanol–water partition coefficient (Wildman–Crippen LogP) is 2.19. The Morgan fingerprint density at radius 1 is 1.06 bits per heavy atom. The van der Waals surface area contributed by atoms with Crippen molar-refractivity contribution in [1.82, 2.24) is 20.8 Å². The SMILES string of the molecule is O=C(NCCNC(=O)c1nc(-c2ccc3c(c2)OCO3)no1)c1ccc(Cl)c([N+](=O)[O-])c1. The van der Waals surface area contributed by atoms with Crippen LogP contribution in [0, 0.1) is 10.1 Å². The number of benzene rings is 2. The van der Waals surface area contributed by atoms with Gasteiger partial charge in [0.25, 0.3) is 11.6 Å². The van der Waals surface area contributed by atoms with Gasteiger partial charge in [0, 0.05) is 30.3 Å². The van der Waals surface area contributed by atoms with E-state index in [1.165, 1.54) is 12.1 Å². The quantitative estimate of drug-likeness (QED) is 0.306. The topological polar surface area (TPSA) is 159 Å². The Bertz CT molecular complexity index is 1210. The van der Waals surface area contributed by atoms with Crippen LogP contribution in [0.15, 0.2) is 40.9 Å². The molecule has 0 fully saturated rings. The maximum absolute atomic E-state index is 12.2. The third-order valence-electron chi connectivity index (χ3n) is 4.35. The van der Waals surface area contributed by atoms with Gasteiger partial charge in [-0.15, -0.1) is 0 Å². The summed E-state index contributed by atoms with van der Waals surface area (Å²) in [6.07, 6.45) is 0. The van der Waals surface area contributed by atoms with Crippen LogP contribution in [0.1, 0.15) is 21.0 Å². The highest BCUT2D eigenvalue weighted by Gasteiger charge is 2.20. The van der Waals surface area contributed by atoms with Gasteiger partial charge in [0.05, 0.1) is 4.92 Å². The van der Waals surface area contributed by atoms with Crippen LogP contribution >= 0.6 is 11.6 Å². The van der Waals surface area contributed by atoms with Crippen molar-refractivity contribution in [3.8, 4) is 22.9 Å². The van der Waals surface area contributed by atoms with Crippen LogP contribution in [0.5, 0.6) is 11.5 Å². The molecule has 1 aliphatic rings. The second-order valence-corrected chi connectivity index (χ2v) is 6.83. The number of nitrogens with zero attached hydrogens (tertiary/aromatic N) is 3. The van der Waals surface area contributed by atoms with E-state index < -0.39 is 16.7 Å². The second-order valence-electron chi connectivity index (χ2n) is 6.43. The van der Waals surface area contributed by atoms with Crippen LogP contribution in [0.2, 0.25) is 5.02 Å². The normalized spacial score (nSPS) is 11.8. The average molecular weight is 460 g/mol. The average Bonchev–Trinajstić information content (AvgIpc) is 3.45. The van der Waals surface area contributed by atoms with E-state index in [0.717, 1.165) is 6.07 Å². The van der Waals surface area contributed by atoms with E-state index in [4.69, 9.17) is 25.6 Å². The Morgan fingerprint density at radius 2 is 1.81 bits per heavy atom. The minimum Gasteiger partial charge on any atom is -0.454 e. The smallest absolute Gasteiger partial charge is 0.316 e. The fraction of sp³-hybridized carbons (Fsp3) is 0.158. The number of rotatable bonds is 7. The van der Waals surface area contributed by atoms with Crippen LogP contribution in [0.3, 0.4) is 0 Å². The van der Waals surface area contributed by atoms with E-state index in [1.54, 1.807) is 18.2 Å². The lowest BCUT2D eigenvalue weighted by molar-refractivity contribution is -0.384. The lowest BCUT2D eigenvalue weighted by Gasteiger charge is -2.06. The molecule has 0 radical (unpaired) electrons. The van der Waals surface area contributed by atoms with Crippen molar-refractivity contribution in [1.29, 1.82) is 0 Å². The van der Waals surface area contributed by atoms with Crippen LogP contribution in [-0.4, -0.2) is 46.8 Å².